The molecule has 2 amide bonds. The van der Waals surface area contributed by atoms with Crippen LogP contribution >= 0.6 is 0 Å². The molecule has 7 nitrogen and oxygen atoms in total. The molecule has 0 unspecified atom stereocenters. The van der Waals surface area contributed by atoms with Gasteiger partial charge in [-0.2, -0.15) is 0 Å². The normalized spacial score (nSPS) is 14.9. The van der Waals surface area contributed by atoms with Gasteiger partial charge in [0.1, 0.15) is 0 Å². The zero-order chi connectivity index (χ0) is 19.1. The van der Waals surface area contributed by atoms with Crippen molar-refractivity contribution in [3.63, 3.8) is 0 Å². The number of hydrogen-bond acceptors (Lipinski definition) is 5. The van der Waals surface area contributed by atoms with Gasteiger partial charge >= 0.3 is 0 Å². The first-order valence-electron chi connectivity index (χ1n) is 8.84. The maximum atomic E-state index is 12.3. The number of aromatic nitrogens is 1. The average molecular weight is 366 g/mol. The van der Waals surface area contributed by atoms with Crippen LogP contribution in [0.15, 0.2) is 54.9 Å². The molecule has 3 rings (SSSR count). The minimum Gasteiger partial charge on any atom is -0.371 e. The Morgan fingerprint density at radius 3 is 2.63 bits per heavy atom. The smallest absolute Gasteiger partial charge is 0.267 e. The van der Waals surface area contributed by atoms with Crippen LogP contribution in [0.1, 0.15) is 28.8 Å². The molecule has 0 bridgehead atoms. The lowest BCUT2D eigenvalue weighted by atomic mass is 10.0. The van der Waals surface area contributed by atoms with Crippen molar-refractivity contribution >= 4 is 23.6 Å². The molecule has 1 aliphatic heterocycles. The SMILES string of the molecule is O=C(/C=C/c1ccccc1N1CCC(NC(=O)c2cccnc2)CC1)NO. The van der Waals surface area contributed by atoms with E-state index >= 15 is 0 Å². The lowest BCUT2D eigenvalue weighted by Crippen LogP contribution is -2.44. The lowest BCUT2D eigenvalue weighted by molar-refractivity contribution is -0.124. The Morgan fingerprint density at radius 2 is 1.93 bits per heavy atom. The molecule has 1 aromatic carbocycles. The van der Waals surface area contributed by atoms with Crippen molar-refractivity contribution in [3.8, 4) is 0 Å². The summed E-state index contributed by atoms with van der Waals surface area (Å²) in [5.74, 6) is -0.665. The molecule has 3 N–H and O–H groups in total. The van der Waals surface area contributed by atoms with Crippen LogP contribution in [0.5, 0.6) is 0 Å². The van der Waals surface area contributed by atoms with E-state index in [1.807, 2.05) is 24.3 Å². The van der Waals surface area contributed by atoms with Gasteiger partial charge in [0.15, 0.2) is 0 Å². The first kappa shape index (κ1) is 18.6. The summed E-state index contributed by atoms with van der Waals surface area (Å²) in [5.41, 5.74) is 4.08. The van der Waals surface area contributed by atoms with Crippen LogP contribution in [0.25, 0.3) is 6.08 Å². The summed E-state index contributed by atoms with van der Waals surface area (Å²) in [4.78, 5) is 29.7. The molecule has 140 valence electrons. The zero-order valence-corrected chi connectivity index (χ0v) is 14.8. The highest BCUT2D eigenvalue weighted by atomic mass is 16.5. The van der Waals surface area contributed by atoms with E-state index in [1.54, 1.807) is 36.1 Å². The minimum atomic E-state index is -0.568. The second kappa shape index (κ2) is 8.95. The molecule has 0 radical (unpaired) electrons. The Labute approximate surface area is 157 Å². The topological polar surface area (TPSA) is 94.6 Å². The van der Waals surface area contributed by atoms with Gasteiger partial charge in [-0.3, -0.25) is 19.8 Å². The van der Waals surface area contributed by atoms with E-state index in [2.05, 4.69) is 15.2 Å². The molecule has 2 aromatic rings. The Hall–Kier alpha value is -3.19. The van der Waals surface area contributed by atoms with E-state index in [9.17, 15) is 9.59 Å². The number of piperidine rings is 1. The minimum absolute atomic E-state index is 0.0973. The Kier molecular flexibility index (Phi) is 6.17. The number of amides is 2. The number of nitrogens with zero attached hydrogens (tertiary/aromatic N) is 2. The van der Waals surface area contributed by atoms with Crippen molar-refractivity contribution in [1.29, 1.82) is 0 Å². The quantitative estimate of drug-likeness (QED) is 0.427. The number of para-hydroxylation sites is 1. The fraction of sp³-hybridized carbons (Fsp3) is 0.250. The first-order chi connectivity index (χ1) is 13.2. The third-order valence-electron chi connectivity index (χ3n) is 4.56. The van der Waals surface area contributed by atoms with Gasteiger partial charge in [-0.15, -0.1) is 0 Å². The fourth-order valence-corrected chi connectivity index (χ4v) is 3.15. The molecule has 27 heavy (non-hydrogen) atoms. The molecule has 2 heterocycles. The number of carbonyl (C=O) groups excluding carboxylic acids is 2. The largest absolute Gasteiger partial charge is 0.371 e. The number of carbonyl (C=O) groups is 2. The molecular formula is C20H22N4O3. The van der Waals surface area contributed by atoms with Gasteiger partial charge < -0.3 is 10.2 Å². The summed E-state index contributed by atoms with van der Waals surface area (Å²) >= 11 is 0. The van der Waals surface area contributed by atoms with Crippen molar-refractivity contribution in [2.45, 2.75) is 18.9 Å². The van der Waals surface area contributed by atoms with E-state index in [-0.39, 0.29) is 11.9 Å². The summed E-state index contributed by atoms with van der Waals surface area (Å²) in [6, 6.07) is 11.4. The highest BCUT2D eigenvalue weighted by Gasteiger charge is 2.22. The molecule has 7 heteroatoms. The van der Waals surface area contributed by atoms with Gasteiger partial charge in [-0.1, -0.05) is 18.2 Å². The first-order valence-corrected chi connectivity index (χ1v) is 8.84. The third kappa shape index (κ3) is 4.92. The fourth-order valence-electron chi connectivity index (χ4n) is 3.15. The molecule has 0 atom stereocenters. The van der Waals surface area contributed by atoms with E-state index in [0.717, 1.165) is 37.2 Å². The van der Waals surface area contributed by atoms with Crippen molar-refractivity contribution in [1.82, 2.24) is 15.8 Å². The molecular weight excluding hydrogens is 344 g/mol. The summed E-state index contributed by atoms with van der Waals surface area (Å²) < 4.78 is 0. The van der Waals surface area contributed by atoms with E-state index in [1.165, 1.54) is 6.08 Å². The van der Waals surface area contributed by atoms with E-state index in [4.69, 9.17) is 5.21 Å². The molecule has 0 spiro atoms. The van der Waals surface area contributed by atoms with Gasteiger partial charge in [0.2, 0.25) is 0 Å². The van der Waals surface area contributed by atoms with Crippen LogP contribution < -0.4 is 15.7 Å². The average Bonchev–Trinajstić information content (AvgIpc) is 2.73. The van der Waals surface area contributed by atoms with Crippen molar-refractivity contribution in [2.24, 2.45) is 0 Å². The van der Waals surface area contributed by atoms with Crippen LogP contribution in [0.2, 0.25) is 0 Å². The van der Waals surface area contributed by atoms with Gasteiger partial charge in [0, 0.05) is 43.3 Å². The Bertz CT molecular complexity index is 815. The maximum Gasteiger partial charge on any atom is 0.267 e. The van der Waals surface area contributed by atoms with Crippen molar-refractivity contribution in [2.75, 3.05) is 18.0 Å². The van der Waals surface area contributed by atoms with Crippen LogP contribution in [0.4, 0.5) is 5.69 Å². The van der Waals surface area contributed by atoms with Crippen molar-refractivity contribution in [3.05, 3.63) is 66.0 Å². The Balaban J connectivity index is 1.60. The van der Waals surface area contributed by atoms with Crippen LogP contribution in [-0.2, 0) is 4.79 Å². The number of nitrogens with one attached hydrogen (secondary N) is 2. The van der Waals surface area contributed by atoms with Crippen LogP contribution in [-0.4, -0.2) is 41.1 Å². The maximum absolute atomic E-state index is 12.3. The second-order valence-electron chi connectivity index (χ2n) is 6.34. The highest BCUT2D eigenvalue weighted by Crippen LogP contribution is 2.25. The molecule has 1 aliphatic rings. The third-order valence-corrected chi connectivity index (χ3v) is 4.56. The Morgan fingerprint density at radius 1 is 1.15 bits per heavy atom. The second-order valence-corrected chi connectivity index (χ2v) is 6.34. The van der Waals surface area contributed by atoms with E-state index in [0.29, 0.717) is 5.56 Å². The molecule has 1 fully saturated rings. The monoisotopic (exact) mass is 366 g/mol. The van der Waals surface area contributed by atoms with Crippen LogP contribution in [0, 0.1) is 0 Å². The van der Waals surface area contributed by atoms with Crippen molar-refractivity contribution < 1.29 is 14.8 Å². The number of hydroxylamine groups is 1. The summed E-state index contributed by atoms with van der Waals surface area (Å²) in [6.07, 6.45) is 7.85. The van der Waals surface area contributed by atoms with Gasteiger partial charge in [0.05, 0.1) is 5.56 Å². The van der Waals surface area contributed by atoms with E-state index < -0.39 is 5.91 Å². The molecule has 1 aromatic heterocycles. The number of benzene rings is 1. The zero-order valence-electron chi connectivity index (χ0n) is 14.8. The predicted molar refractivity (Wildman–Crippen MR) is 102 cm³/mol. The van der Waals surface area contributed by atoms with Gasteiger partial charge in [-0.05, 0) is 42.7 Å². The predicted octanol–water partition coefficient (Wildman–Crippen LogP) is 2.00. The summed E-state index contributed by atoms with van der Waals surface area (Å²) in [5, 5.41) is 11.7. The lowest BCUT2D eigenvalue weighted by Gasteiger charge is -2.34. The van der Waals surface area contributed by atoms with Crippen LogP contribution in [0.3, 0.4) is 0 Å². The van der Waals surface area contributed by atoms with Gasteiger partial charge in [-0.25, -0.2) is 5.48 Å². The molecule has 1 saturated heterocycles. The molecule has 0 aliphatic carbocycles. The summed E-state index contributed by atoms with van der Waals surface area (Å²) in [7, 11) is 0. The number of rotatable bonds is 5. The standard InChI is InChI=1S/C20H22N4O3/c25-19(23-27)8-7-15-4-1-2-6-18(15)24-12-9-17(10-13-24)22-20(26)16-5-3-11-21-14-16/h1-8,11,14,17,27H,9-10,12-13H2,(H,22,26)(H,23,25)/b8-7+. The highest BCUT2D eigenvalue weighted by molar-refractivity contribution is 5.94. The number of anilines is 1. The summed E-state index contributed by atoms with van der Waals surface area (Å²) in [6.45, 7) is 1.60. The molecule has 0 saturated carbocycles. The number of hydrogen-bond donors (Lipinski definition) is 3. The number of pyridine rings is 1. The van der Waals surface area contributed by atoms with Gasteiger partial charge in [0.25, 0.3) is 11.8 Å².